The maximum Gasteiger partial charge on any atom is 0.261 e. The van der Waals surface area contributed by atoms with Crippen molar-refractivity contribution in [1.82, 2.24) is 9.78 Å². The molecule has 8 heteroatoms. The number of piperidine rings is 1. The molecular formula is C24H24FN5O2. The molecule has 1 fully saturated rings. The molecule has 1 saturated heterocycles. The number of halogens is 1. The number of amides is 1. The Morgan fingerprint density at radius 2 is 1.91 bits per heavy atom. The van der Waals surface area contributed by atoms with Gasteiger partial charge in [0.1, 0.15) is 11.9 Å². The van der Waals surface area contributed by atoms with E-state index in [9.17, 15) is 19.6 Å². The van der Waals surface area contributed by atoms with Gasteiger partial charge in [0.15, 0.2) is 0 Å². The molecule has 1 aromatic heterocycles. The summed E-state index contributed by atoms with van der Waals surface area (Å²) < 4.78 is 14.8. The minimum Gasteiger partial charge on any atom is -0.393 e. The van der Waals surface area contributed by atoms with Crippen LogP contribution in [0.25, 0.3) is 5.69 Å². The highest BCUT2D eigenvalue weighted by Gasteiger charge is 2.23. The molecular weight excluding hydrogens is 409 g/mol. The minimum absolute atomic E-state index is 0.256. The summed E-state index contributed by atoms with van der Waals surface area (Å²) in [6.07, 6.45) is 2.54. The predicted octanol–water partition coefficient (Wildman–Crippen LogP) is 3.43. The molecule has 0 spiro atoms. The van der Waals surface area contributed by atoms with Crippen LogP contribution in [0.1, 0.15) is 34.5 Å². The summed E-state index contributed by atoms with van der Waals surface area (Å²) in [4.78, 5) is 16.8. The molecule has 3 aromatic rings. The Labute approximate surface area is 185 Å². The van der Waals surface area contributed by atoms with Crippen LogP contribution in [0.4, 0.5) is 15.8 Å². The first-order valence-corrected chi connectivity index (χ1v) is 10.4. The summed E-state index contributed by atoms with van der Waals surface area (Å²) in [6.45, 7) is 3.16. The molecule has 0 unspecified atom stereocenters. The SMILES string of the molecule is Cc1c(C(=O)N(C)c2ccc(N3CCC(O)CC3)c(C#N)c2)cnn1-c1ccc(F)cc1. The second-order valence-corrected chi connectivity index (χ2v) is 7.93. The van der Waals surface area contributed by atoms with E-state index in [0.717, 1.165) is 5.69 Å². The molecule has 32 heavy (non-hydrogen) atoms. The number of nitrogens with zero attached hydrogens (tertiary/aromatic N) is 5. The lowest BCUT2D eigenvalue weighted by molar-refractivity contribution is 0.0992. The van der Waals surface area contributed by atoms with Gasteiger partial charge in [-0.25, -0.2) is 9.07 Å². The number of nitriles is 1. The number of benzene rings is 2. The van der Waals surface area contributed by atoms with E-state index in [4.69, 9.17) is 0 Å². The smallest absolute Gasteiger partial charge is 0.261 e. The van der Waals surface area contributed by atoms with Crippen LogP contribution in [0.3, 0.4) is 0 Å². The van der Waals surface area contributed by atoms with Crippen molar-refractivity contribution in [2.75, 3.05) is 29.9 Å². The zero-order chi connectivity index (χ0) is 22.8. The Bertz CT molecular complexity index is 1170. The van der Waals surface area contributed by atoms with Crippen molar-refractivity contribution < 1.29 is 14.3 Å². The van der Waals surface area contributed by atoms with Gasteiger partial charge in [0.2, 0.25) is 0 Å². The summed E-state index contributed by atoms with van der Waals surface area (Å²) in [5.41, 5.74) is 3.61. The maximum atomic E-state index is 13.2. The Morgan fingerprint density at radius 3 is 2.56 bits per heavy atom. The predicted molar refractivity (Wildman–Crippen MR) is 120 cm³/mol. The van der Waals surface area contributed by atoms with Gasteiger partial charge < -0.3 is 14.9 Å². The lowest BCUT2D eigenvalue weighted by Crippen LogP contribution is -2.36. The number of anilines is 2. The minimum atomic E-state index is -0.341. The number of rotatable bonds is 4. The summed E-state index contributed by atoms with van der Waals surface area (Å²) in [6, 6.07) is 13.5. The van der Waals surface area contributed by atoms with Gasteiger partial charge in [0.25, 0.3) is 5.91 Å². The summed E-state index contributed by atoms with van der Waals surface area (Å²) in [7, 11) is 1.66. The van der Waals surface area contributed by atoms with Crippen molar-refractivity contribution >= 4 is 17.3 Å². The molecule has 4 rings (SSSR count). The molecule has 0 bridgehead atoms. The van der Waals surface area contributed by atoms with E-state index in [0.29, 0.717) is 54.1 Å². The van der Waals surface area contributed by atoms with Crippen LogP contribution < -0.4 is 9.80 Å². The van der Waals surface area contributed by atoms with Crippen LogP contribution >= 0.6 is 0 Å². The number of aliphatic hydroxyl groups is 1. The van der Waals surface area contributed by atoms with Gasteiger partial charge in [-0.3, -0.25) is 4.79 Å². The Kier molecular flexibility index (Phi) is 5.93. The molecule has 7 nitrogen and oxygen atoms in total. The van der Waals surface area contributed by atoms with Crippen LogP contribution in [0.2, 0.25) is 0 Å². The lowest BCUT2D eigenvalue weighted by atomic mass is 10.0. The standard InChI is InChI=1S/C24H24FN5O2/c1-16-22(15-27-30(16)19-5-3-18(25)4-6-19)24(32)28(2)20-7-8-23(17(13-20)14-26)29-11-9-21(31)10-12-29/h3-8,13,15,21,31H,9-12H2,1-2H3. The summed E-state index contributed by atoms with van der Waals surface area (Å²) in [5, 5.41) is 23.7. The van der Waals surface area contributed by atoms with Crippen molar-refractivity contribution in [1.29, 1.82) is 5.26 Å². The number of carbonyl (C=O) groups is 1. The molecule has 1 N–H and O–H groups in total. The number of aliphatic hydroxyl groups excluding tert-OH is 1. The number of carbonyl (C=O) groups excluding carboxylic acids is 1. The van der Waals surface area contributed by atoms with Crippen molar-refractivity contribution in [2.24, 2.45) is 0 Å². The highest BCUT2D eigenvalue weighted by molar-refractivity contribution is 6.06. The molecule has 0 aliphatic carbocycles. The summed E-state index contributed by atoms with van der Waals surface area (Å²) >= 11 is 0. The van der Waals surface area contributed by atoms with Crippen LogP contribution in [0.15, 0.2) is 48.7 Å². The van der Waals surface area contributed by atoms with Crippen LogP contribution in [0.5, 0.6) is 0 Å². The normalized spacial score (nSPS) is 14.3. The first kappa shape index (κ1) is 21.5. The van der Waals surface area contributed by atoms with Crippen molar-refractivity contribution in [2.45, 2.75) is 25.9 Å². The molecule has 2 aromatic carbocycles. The molecule has 0 saturated carbocycles. The monoisotopic (exact) mass is 433 g/mol. The van der Waals surface area contributed by atoms with Gasteiger partial charge in [-0.15, -0.1) is 0 Å². The third-order valence-corrected chi connectivity index (χ3v) is 5.91. The highest BCUT2D eigenvalue weighted by Crippen LogP contribution is 2.29. The molecule has 1 aliphatic heterocycles. The van der Waals surface area contributed by atoms with E-state index >= 15 is 0 Å². The van der Waals surface area contributed by atoms with E-state index in [-0.39, 0.29) is 17.8 Å². The van der Waals surface area contributed by atoms with E-state index in [2.05, 4.69) is 16.1 Å². The van der Waals surface area contributed by atoms with Gasteiger partial charge in [-0.1, -0.05) is 0 Å². The molecule has 0 atom stereocenters. The van der Waals surface area contributed by atoms with E-state index in [1.165, 1.54) is 23.2 Å². The Balaban J connectivity index is 1.58. The van der Waals surface area contributed by atoms with Crippen LogP contribution in [0, 0.1) is 24.1 Å². The largest absolute Gasteiger partial charge is 0.393 e. The second-order valence-electron chi connectivity index (χ2n) is 7.93. The Hall–Kier alpha value is -3.70. The highest BCUT2D eigenvalue weighted by atomic mass is 19.1. The lowest BCUT2D eigenvalue weighted by Gasteiger charge is -2.32. The van der Waals surface area contributed by atoms with E-state index in [1.54, 1.807) is 36.9 Å². The fraction of sp³-hybridized carbons (Fsp3) is 0.292. The van der Waals surface area contributed by atoms with E-state index in [1.807, 2.05) is 12.1 Å². The molecule has 1 aliphatic rings. The van der Waals surface area contributed by atoms with Crippen molar-refractivity contribution in [3.8, 4) is 11.8 Å². The van der Waals surface area contributed by atoms with Crippen molar-refractivity contribution in [3.05, 3.63) is 71.3 Å². The fourth-order valence-electron chi connectivity index (χ4n) is 3.96. The van der Waals surface area contributed by atoms with Gasteiger partial charge in [0, 0.05) is 25.8 Å². The molecule has 164 valence electrons. The second kappa shape index (κ2) is 8.81. The zero-order valence-corrected chi connectivity index (χ0v) is 18.0. The van der Waals surface area contributed by atoms with Gasteiger partial charge in [-0.05, 0) is 62.2 Å². The molecule has 1 amide bonds. The molecule has 0 radical (unpaired) electrons. The third-order valence-electron chi connectivity index (χ3n) is 5.91. The first-order chi connectivity index (χ1) is 15.4. The third kappa shape index (κ3) is 4.07. The number of hydrogen-bond acceptors (Lipinski definition) is 5. The zero-order valence-electron chi connectivity index (χ0n) is 18.0. The number of aromatic nitrogens is 2. The Morgan fingerprint density at radius 1 is 1.22 bits per heavy atom. The maximum absolute atomic E-state index is 13.2. The van der Waals surface area contributed by atoms with Crippen molar-refractivity contribution in [3.63, 3.8) is 0 Å². The van der Waals surface area contributed by atoms with Gasteiger partial charge in [0.05, 0.1) is 40.5 Å². The fourth-order valence-corrected chi connectivity index (χ4v) is 3.96. The first-order valence-electron chi connectivity index (χ1n) is 10.4. The number of hydrogen-bond donors (Lipinski definition) is 1. The quantitative estimate of drug-likeness (QED) is 0.681. The van der Waals surface area contributed by atoms with Crippen LogP contribution in [-0.4, -0.2) is 47.0 Å². The van der Waals surface area contributed by atoms with E-state index < -0.39 is 0 Å². The van der Waals surface area contributed by atoms with Gasteiger partial charge in [-0.2, -0.15) is 10.4 Å². The molecule has 2 heterocycles. The average Bonchev–Trinajstić information content (AvgIpc) is 3.20. The summed E-state index contributed by atoms with van der Waals surface area (Å²) in [5.74, 6) is -0.597. The van der Waals surface area contributed by atoms with Gasteiger partial charge >= 0.3 is 0 Å². The topological polar surface area (TPSA) is 85.4 Å². The average molecular weight is 433 g/mol. The van der Waals surface area contributed by atoms with Crippen LogP contribution in [-0.2, 0) is 0 Å².